The van der Waals surface area contributed by atoms with Crippen LogP contribution in [0.3, 0.4) is 0 Å². The van der Waals surface area contributed by atoms with E-state index < -0.39 is 0 Å². The molecule has 1 N–H and O–H groups in total. The summed E-state index contributed by atoms with van der Waals surface area (Å²) < 4.78 is 5.21. The molecule has 1 fully saturated rings. The first-order chi connectivity index (χ1) is 9.66. The summed E-state index contributed by atoms with van der Waals surface area (Å²) >= 11 is 11.9. The van der Waals surface area contributed by atoms with Gasteiger partial charge in [-0.15, -0.1) is 0 Å². The molecular formula is C13H15Cl2N3O2. The number of hydrazone groups is 1. The Hall–Kier alpha value is -1.14. The monoisotopic (exact) mass is 315 g/mol. The first-order valence-electron chi connectivity index (χ1n) is 6.23. The fraction of sp³-hybridized carbons (Fsp3) is 0.385. The zero-order valence-electron chi connectivity index (χ0n) is 10.8. The first-order valence-corrected chi connectivity index (χ1v) is 6.98. The number of rotatable bonds is 4. The van der Waals surface area contributed by atoms with Gasteiger partial charge in [0.15, 0.2) is 0 Å². The lowest BCUT2D eigenvalue weighted by molar-refractivity contribution is -0.123. The number of hydrogen-bond donors (Lipinski definition) is 1. The van der Waals surface area contributed by atoms with E-state index >= 15 is 0 Å². The van der Waals surface area contributed by atoms with E-state index in [4.69, 9.17) is 27.9 Å². The highest BCUT2D eigenvalue weighted by Gasteiger charge is 2.13. The molecule has 0 unspecified atom stereocenters. The molecule has 1 saturated heterocycles. The van der Waals surface area contributed by atoms with E-state index in [0.717, 1.165) is 13.1 Å². The van der Waals surface area contributed by atoms with Gasteiger partial charge in [-0.05, 0) is 6.07 Å². The summed E-state index contributed by atoms with van der Waals surface area (Å²) in [6.07, 6.45) is 1.48. The van der Waals surface area contributed by atoms with Crippen LogP contribution in [0.4, 0.5) is 0 Å². The van der Waals surface area contributed by atoms with Gasteiger partial charge in [0.25, 0.3) is 5.91 Å². The van der Waals surface area contributed by atoms with E-state index in [1.807, 2.05) is 4.90 Å². The molecule has 0 aromatic heterocycles. The van der Waals surface area contributed by atoms with Crippen molar-refractivity contribution in [1.29, 1.82) is 0 Å². The Labute approximate surface area is 127 Å². The van der Waals surface area contributed by atoms with E-state index in [1.165, 1.54) is 6.21 Å². The summed E-state index contributed by atoms with van der Waals surface area (Å²) in [5.41, 5.74) is 3.13. The minimum Gasteiger partial charge on any atom is -0.379 e. The lowest BCUT2D eigenvalue weighted by atomic mass is 10.2. The third kappa shape index (κ3) is 4.45. The number of benzene rings is 1. The minimum atomic E-state index is -0.165. The zero-order valence-corrected chi connectivity index (χ0v) is 12.3. The van der Waals surface area contributed by atoms with Gasteiger partial charge in [0.1, 0.15) is 0 Å². The van der Waals surface area contributed by atoms with E-state index in [0.29, 0.717) is 35.4 Å². The van der Waals surface area contributed by atoms with Crippen LogP contribution in [0.2, 0.25) is 10.0 Å². The molecule has 0 radical (unpaired) electrons. The summed E-state index contributed by atoms with van der Waals surface area (Å²) in [6, 6.07) is 5.23. The van der Waals surface area contributed by atoms with Crippen molar-refractivity contribution in [3.8, 4) is 0 Å². The second-order valence-corrected chi connectivity index (χ2v) is 5.11. The number of ether oxygens (including phenoxy) is 1. The van der Waals surface area contributed by atoms with Gasteiger partial charge in [-0.1, -0.05) is 35.3 Å². The highest BCUT2D eigenvalue weighted by atomic mass is 35.5. The topological polar surface area (TPSA) is 53.9 Å². The minimum absolute atomic E-state index is 0.165. The van der Waals surface area contributed by atoms with Gasteiger partial charge >= 0.3 is 0 Å². The van der Waals surface area contributed by atoms with Gasteiger partial charge < -0.3 is 4.74 Å². The summed E-state index contributed by atoms with van der Waals surface area (Å²) in [5.74, 6) is -0.165. The number of nitrogens with zero attached hydrogens (tertiary/aromatic N) is 2. The molecular weight excluding hydrogens is 301 g/mol. The number of amides is 1. The Balaban J connectivity index is 1.83. The molecule has 2 rings (SSSR count). The van der Waals surface area contributed by atoms with Crippen LogP contribution < -0.4 is 5.43 Å². The lowest BCUT2D eigenvalue weighted by Crippen LogP contribution is -2.42. The maximum Gasteiger partial charge on any atom is 0.254 e. The van der Waals surface area contributed by atoms with Crippen LogP contribution in [0, 0.1) is 0 Å². The van der Waals surface area contributed by atoms with Gasteiger partial charge in [-0.3, -0.25) is 9.69 Å². The van der Waals surface area contributed by atoms with Crippen molar-refractivity contribution in [3.05, 3.63) is 33.8 Å². The van der Waals surface area contributed by atoms with Crippen LogP contribution in [0.25, 0.3) is 0 Å². The lowest BCUT2D eigenvalue weighted by Gasteiger charge is -2.25. The maximum absolute atomic E-state index is 11.7. The van der Waals surface area contributed by atoms with Crippen molar-refractivity contribution in [2.75, 3.05) is 32.8 Å². The number of carbonyl (C=O) groups excluding carboxylic acids is 1. The number of nitrogens with one attached hydrogen (secondary N) is 1. The molecule has 0 atom stereocenters. The molecule has 1 aromatic rings. The van der Waals surface area contributed by atoms with E-state index in [1.54, 1.807) is 18.2 Å². The molecule has 20 heavy (non-hydrogen) atoms. The Bertz CT molecular complexity index is 502. The molecule has 0 bridgehead atoms. The van der Waals surface area contributed by atoms with E-state index in [2.05, 4.69) is 10.5 Å². The van der Waals surface area contributed by atoms with Crippen LogP contribution in [0.5, 0.6) is 0 Å². The van der Waals surface area contributed by atoms with Crippen molar-refractivity contribution in [3.63, 3.8) is 0 Å². The number of carbonyl (C=O) groups is 1. The van der Waals surface area contributed by atoms with E-state index in [9.17, 15) is 4.79 Å². The molecule has 1 aliphatic rings. The molecule has 0 saturated carbocycles. The van der Waals surface area contributed by atoms with Crippen LogP contribution >= 0.6 is 23.2 Å². The normalized spacial score (nSPS) is 16.5. The zero-order chi connectivity index (χ0) is 14.4. The second kappa shape index (κ2) is 7.59. The third-order valence-electron chi connectivity index (χ3n) is 2.85. The predicted octanol–water partition coefficient (Wildman–Crippen LogP) is 1.78. The number of hydrogen-bond acceptors (Lipinski definition) is 4. The molecule has 1 heterocycles. The fourth-order valence-corrected chi connectivity index (χ4v) is 2.15. The number of morpholine rings is 1. The van der Waals surface area contributed by atoms with Crippen LogP contribution in [-0.4, -0.2) is 49.9 Å². The van der Waals surface area contributed by atoms with Gasteiger partial charge in [-0.2, -0.15) is 5.10 Å². The Morgan fingerprint density at radius 1 is 1.40 bits per heavy atom. The molecule has 1 aromatic carbocycles. The van der Waals surface area contributed by atoms with Gasteiger partial charge in [0, 0.05) is 18.7 Å². The molecule has 0 spiro atoms. The van der Waals surface area contributed by atoms with Crippen LogP contribution in [-0.2, 0) is 9.53 Å². The van der Waals surface area contributed by atoms with Gasteiger partial charge in [-0.25, -0.2) is 5.43 Å². The predicted molar refractivity (Wildman–Crippen MR) is 79.5 cm³/mol. The number of halogens is 2. The molecule has 1 amide bonds. The van der Waals surface area contributed by atoms with Gasteiger partial charge in [0.05, 0.1) is 36.0 Å². The van der Waals surface area contributed by atoms with Crippen LogP contribution in [0.15, 0.2) is 23.3 Å². The Morgan fingerprint density at radius 3 is 2.90 bits per heavy atom. The van der Waals surface area contributed by atoms with Crippen molar-refractivity contribution in [2.24, 2.45) is 5.10 Å². The average Bonchev–Trinajstić information content (AvgIpc) is 2.44. The fourth-order valence-electron chi connectivity index (χ4n) is 1.79. The average molecular weight is 316 g/mol. The maximum atomic E-state index is 11.7. The highest BCUT2D eigenvalue weighted by molar-refractivity contribution is 6.43. The molecule has 7 heteroatoms. The second-order valence-electron chi connectivity index (χ2n) is 4.32. The summed E-state index contributed by atoms with van der Waals surface area (Å²) in [6.45, 7) is 3.15. The summed E-state index contributed by atoms with van der Waals surface area (Å²) in [4.78, 5) is 13.7. The summed E-state index contributed by atoms with van der Waals surface area (Å²) in [5, 5.41) is 4.75. The van der Waals surface area contributed by atoms with Gasteiger partial charge in [0.2, 0.25) is 0 Å². The van der Waals surface area contributed by atoms with Crippen molar-refractivity contribution in [2.45, 2.75) is 0 Å². The molecule has 1 aliphatic heterocycles. The third-order valence-corrected chi connectivity index (χ3v) is 3.68. The largest absolute Gasteiger partial charge is 0.379 e. The van der Waals surface area contributed by atoms with Crippen molar-refractivity contribution >= 4 is 35.3 Å². The van der Waals surface area contributed by atoms with Crippen LogP contribution in [0.1, 0.15) is 5.56 Å². The van der Waals surface area contributed by atoms with Crippen molar-refractivity contribution < 1.29 is 9.53 Å². The molecule has 108 valence electrons. The quantitative estimate of drug-likeness (QED) is 0.680. The smallest absolute Gasteiger partial charge is 0.254 e. The highest BCUT2D eigenvalue weighted by Crippen LogP contribution is 2.23. The molecule has 5 nitrogen and oxygen atoms in total. The molecule has 0 aliphatic carbocycles. The van der Waals surface area contributed by atoms with Crippen molar-refractivity contribution in [1.82, 2.24) is 10.3 Å². The van der Waals surface area contributed by atoms with E-state index in [-0.39, 0.29) is 5.91 Å². The standard InChI is InChI=1S/C13H15Cl2N3O2/c14-11-3-1-2-10(13(11)15)8-16-17-12(19)9-18-4-6-20-7-5-18/h1-3,8H,4-7,9H2,(H,17,19)/b16-8+. The SMILES string of the molecule is O=C(CN1CCOCC1)N/N=C/c1cccc(Cl)c1Cl. The Kier molecular flexibility index (Phi) is 5.79. The summed E-state index contributed by atoms with van der Waals surface area (Å²) in [7, 11) is 0. The Morgan fingerprint density at radius 2 is 2.15 bits per heavy atom. The first kappa shape index (κ1) is 15.3.